The average Bonchev–Trinajstić information content (AvgIpc) is 3.19. The van der Waals surface area contributed by atoms with Gasteiger partial charge in [-0.15, -0.1) is 0 Å². The van der Waals surface area contributed by atoms with Gasteiger partial charge in [0.1, 0.15) is 0 Å². The second-order valence-electron chi connectivity index (χ2n) is 7.95. The second kappa shape index (κ2) is 9.88. The standard InChI is InChI=1S/C23H25Cl2N3O3S2/c1-3-16-7-5-6-14-28(16)33(30,31)17-10-8-15(9-11-17)22(29)26-23-27(4-2)21-19(32-23)13-12-18(24)20(21)25/h8-13,16H,3-7,14H2,1-2H3. The van der Waals surface area contributed by atoms with E-state index in [2.05, 4.69) is 4.99 Å². The number of thiazole rings is 1. The Morgan fingerprint density at radius 1 is 1.12 bits per heavy atom. The van der Waals surface area contributed by atoms with Crippen molar-refractivity contribution in [2.75, 3.05) is 6.54 Å². The lowest BCUT2D eigenvalue weighted by atomic mass is 10.0. The van der Waals surface area contributed by atoms with E-state index in [9.17, 15) is 13.2 Å². The van der Waals surface area contributed by atoms with Crippen LogP contribution in [-0.2, 0) is 16.6 Å². The molecule has 1 fully saturated rings. The normalized spacial score (nSPS) is 18.2. The minimum Gasteiger partial charge on any atom is -0.315 e. The van der Waals surface area contributed by atoms with Crippen molar-refractivity contribution in [1.29, 1.82) is 0 Å². The number of hydrogen-bond donors (Lipinski definition) is 0. The van der Waals surface area contributed by atoms with Crippen molar-refractivity contribution >= 4 is 60.7 Å². The molecule has 1 aliphatic rings. The minimum atomic E-state index is -3.60. The highest BCUT2D eigenvalue weighted by molar-refractivity contribution is 7.89. The Balaban J connectivity index is 1.66. The number of aryl methyl sites for hydroxylation is 1. The van der Waals surface area contributed by atoms with Gasteiger partial charge in [-0.3, -0.25) is 4.79 Å². The highest BCUT2D eigenvalue weighted by Crippen LogP contribution is 2.32. The van der Waals surface area contributed by atoms with Gasteiger partial charge in [-0.25, -0.2) is 8.42 Å². The van der Waals surface area contributed by atoms with Gasteiger partial charge in [0.2, 0.25) is 10.0 Å². The summed E-state index contributed by atoms with van der Waals surface area (Å²) in [6, 6.07) is 9.64. The van der Waals surface area contributed by atoms with Gasteiger partial charge in [-0.2, -0.15) is 9.30 Å². The lowest BCUT2D eigenvalue weighted by molar-refractivity contribution is 0.0997. The third kappa shape index (κ3) is 4.64. The number of benzene rings is 2. The maximum absolute atomic E-state index is 13.2. The predicted molar refractivity (Wildman–Crippen MR) is 134 cm³/mol. The summed E-state index contributed by atoms with van der Waals surface area (Å²) in [7, 11) is -3.60. The molecule has 0 saturated carbocycles. The number of piperidine rings is 1. The molecule has 3 aromatic rings. The summed E-state index contributed by atoms with van der Waals surface area (Å²) in [5.74, 6) is -0.445. The summed E-state index contributed by atoms with van der Waals surface area (Å²) >= 11 is 13.9. The fourth-order valence-corrected chi connectivity index (χ4v) is 7.58. The number of halogens is 2. The third-order valence-corrected chi connectivity index (χ3v) is 9.80. The molecule has 0 bridgehead atoms. The number of amides is 1. The molecule has 1 amide bonds. The molecule has 1 aromatic heterocycles. The van der Waals surface area contributed by atoms with Crippen LogP contribution in [0.15, 0.2) is 46.3 Å². The maximum Gasteiger partial charge on any atom is 0.279 e. The first-order chi connectivity index (χ1) is 15.8. The molecular weight excluding hydrogens is 501 g/mol. The van der Waals surface area contributed by atoms with Crippen LogP contribution >= 0.6 is 34.5 Å². The number of nitrogens with zero attached hydrogens (tertiary/aromatic N) is 3. The number of carbonyl (C=O) groups is 1. The molecule has 1 saturated heterocycles. The second-order valence-corrected chi connectivity index (χ2v) is 11.6. The first-order valence-electron chi connectivity index (χ1n) is 11.0. The lowest BCUT2D eigenvalue weighted by Crippen LogP contribution is -2.43. The number of carbonyl (C=O) groups excluding carboxylic acids is 1. The van der Waals surface area contributed by atoms with Gasteiger partial charge >= 0.3 is 0 Å². The van der Waals surface area contributed by atoms with Crippen LogP contribution in [0.2, 0.25) is 10.0 Å². The van der Waals surface area contributed by atoms with Gasteiger partial charge in [0.25, 0.3) is 5.91 Å². The molecule has 4 rings (SSSR count). The number of rotatable bonds is 5. The van der Waals surface area contributed by atoms with Crippen LogP contribution in [0.1, 0.15) is 49.9 Å². The van der Waals surface area contributed by atoms with Crippen molar-refractivity contribution in [2.45, 2.75) is 57.0 Å². The molecule has 6 nitrogen and oxygen atoms in total. The number of aromatic nitrogens is 1. The molecule has 176 valence electrons. The Labute approximate surface area is 207 Å². The molecule has 2 heterocycles. The third-order valence-electron chi connectivity index (χ3n) is 6.00. The highest BCUT2D eigenvalue weighted by Gasteiger charge is 2.32. The largest absolute Gasteiger partial charge is 0.315 e. The van der Waals surface area contributed by atoms with Crippen LogP contribution in [0, 0.1) is 0 Å². The molecule has 1 atom stereocenters. The van der Waals surface area contributed by atoms with Crippen LogP contribution in [0.4, 0.5) is 0 Å². The molecule has 0 spiro atoms. The molecule has 1 aliphatic heterocycles. The van der Waals surface area contributed by atoms with E-state index in [0.29, 0.717) is 33.5 Å². The lowest BCUT2D eigenvalue weighted by Gasteiger charge is -2.34. The van der Waals surface area contributed by atoms with Gasteiger partial charge in [-0.1, -0.05) is 47.9 Å². The van der Waals surface area contributed by atoms with E-state index in [4.69, 9.17) is 23.2 Å². The summed E-state index contributed by atoms with van der Waals surface area (Å²) in [5, 5.41) is 0.872. The Hall–Kier alpha value is -1.71. The SMILES string of the molecule is CCC1CCCCN1S(=O)(=O)c1ccc(C(=O)N=c2sc3ccc(Cl)c(Cl)c3n2CC)cc1. The topological polar surface area (TPSA) is 71.7 Å². The molecular formula is C23H25Cl2N3O3S2. The first kappa shape index (κ1) is 24.4. The zero-order valence-corrected chi connectivity index (χ0v) is 21.6. The zero-order valence-electron chi connectivity index (χ0n) is 18.4. The summed E-state index contributed by atoms with van der Waals surface area (Å²) < 4.78 is 30.7. The van der Waals surface area contributed by atoms with Crippen LogP contribution in [0.3, 0.4) is 0 Å². The Bertz CT molecular complexity index is 1360. The summed E-state index contributed by atoms with van der Waals surface area (Å²) in [6.07, 6.45) is 3.59. The van der Waals surface area contributed by atoms with Crippen molar-refractivity contribution in [2.24, 2.45) is 4.99 Å². The average molecular weight is 527 g/mol. The molecule has 2 aromatic carbocycles. The summed E-state index contributed by atoms with van der Waals surface area (Å²) in [5.41, 5.74) is 1.07. The number of hydrogen-bond acceptors (Lipinski definition) is 4. The molecule has 1 unspecified atom stereocenters. The van der Waals surface area contributed by atoms with E-state index in [-0.39, 0.29) is 10.9 Å². The van der Waals surface area contributed by atoms with Crippen LogP contribution in [0.5, 0.6) is 0 Å². The molecule has 10 heteroatoms. The maximum atomic E-state index is 13.2. The Morgan fingerprint density at radius 3 is 2.52 bits per heavy atom. The van der Waals surface area contributed by atoms with Crippen molar-refractivity contribution < 1.29 is 13.2 Å². The highest BCUT2D eigenvalue weighted by atomic mass is 35.5. The Morgan fingerprint density at radius 2 is 1.85 bits per heavy atom. The van der Waals surface area contributed by atoms with Crippen molar-refractivity contribution in [3.63, 3.8) is 0 Å². The van der Waals surface area contributed by atoms with Gasteiger partial charge in [0, 0.05) is 24.7 Å². The Kier molecular flexibility index (Phi) is 7.31. The van der Waals surface area contributed by atoms with Crippen LogP contribution in [0.25, 0.3) is 10.2 Å². The fourth-order valence-electron chi connectivity index (χ4n) is 4.24. The summed E-state index contributed by atoms with van der Waals surface area (Å²) in [4.78, 5) is 17.9. The molecule has 0 N–H and O–H groups in total. The predicted octanol–water partition coefficient (Wildman–Crippen LogP) is 5.72. The van der Waals surface area contributed by atoms with Gasteiger partial charge in [0.05, 0.1) is 25.2 Å². The minimum absolute atomic E-state index is 0.0258. The van der Waals surface area contributed by atoms with E-state index < -0.39 is 15.9 Å². The molecule has 0 radical (unpaired) electrons. The number of fused-ring (bicyclic) bond motifs is 1. The van der Waals surface area contributed by atoms with Crippen molar-refractivity contribution in [1.82, 2.24) is 8.87 Å². The van der Waals surface area contributed by atoms with Crippen molar-refractivity contribution in [3.8, 4) is 0 Å². The molecule has 33 heavy (non-hydrogen) atoms. The van der Waals surface area contributed by atoms with E-state index in [1.165, 1.54) is 35.6 Å². The van der Waals surface area contributed by atoms with E-state index in [1.807, 2.05) is 24.5 Å². The van der Waals surface area contributed by atoms with Crippen molar-refractivity contribution in [3.05, 3.63) is 56.8 Å². The van der Waals surface area contributed by atoms with E-state index in [0.717, 1.165) is 35.9 Å². The zero-order chi connectivity index (χ0) is 23.8. The number of sulfonamides is 1. The van der Waals surface area contributed by atoms with Gasteiger partial charge in [-0.05, 0) is 62.6 Å². The fraction of sp³-hybridized carbons (Fsp3) is 0.391. The quantitative estimate of drug-likeness (QED) is 0.427. The molecule has 0 aliphatic carbocycles. The van der Waals surface area contributed by atoms with E-state index in [1.54, 1.807) is 10.4 Å². The van der Waals surface area contributed by atoms with Crippen LogP contribution < -0.4 is 4.80 Å². The first-order valence-corrected chi connectivity index (χ1v) is 14.0. The van der Waals surface area contributed by atoms with E-state index >= 15 is 0 Å². The van der Waals surface area contributed by atoms with Gasteiger partial charge < -0.3 is 4.57 Å². The van der Waals surface area contributed by atoms with Gasteiger partial charge in [0.15, 0.2) is 4.80 Å². The summed E-state index contributed by atoms with van der Waals surface area (Å²) in [6.45, 7) is 5.06. The smallest absolute Gasteiger partial charge is 0.279 e. The van der Waals surface area contributed by atoms with Crippen LogP contribution in [-0.4, -0.2) is 35.8 Å². The monoisotopic (exact) mass is 525 g/mol.